The van der Waals surface area contributed by atoms with Crippen molar-refractivity contribution in [3.05, 3.63) is 111 Å². The molecule has 0 atom stereocenters. The van der Waals surface area contributed by atoms with Crippen molar-refractivity contribution in [1.82, 2.24) is 24.5 Å². The number of nitrogens with zero attached hydrogens (tertiary/aromatic N) is 5. The standard InChI is InChI=1S/C31H31N7O/c1-20-16-18-33-19-23(20)14-15-25-22(3)35-31(32)37-29(25)34-17-8-13-27-36-26-12-7-9-21(2)28(26)30(39)38(27)24-10-5-4-6-11-24/h4-7,9-12,14-16,18-19H,8,13,17H2,1-3H3,(H3,32,34,35,37)/b15-14+. The Morgan fingerprint density at radius 3 is 2.54 bits per heavy atom. The van der Waals surface area contributed by atoms with Gasteiger partial charge in [0.2, 0.25) is 5.95 Å². The first-order chi connectivity index (χ1) is 18.9. The van der Waals surface area contributed by atoms with Crippen LogP contribution in [0.3, 0.4) is 0 Å². The molecule has 0 unspecified atom stereocenters. The third kappa shape index (κ3) is 5.55. The third-order valence-electron chi connectivity index (χ3n) is 6.72. The molecule has 0 amide bonds. The molecule has 0 aliphatic carbocycles. The molecule has 0 saturated heterocycles. The molecule has 8 heteroatoms. The Labute approximate surface area is 227 Å². The van der Waals surface area contributed by atoms with Gasteiger partial charge in [-0.3, -0.25) is 14.3 Å². The minimum absolute atomic E-state index is 0.0513. The number of anilines is 2. The van der Waals surface area contributed by atoms with E-state index in [1.54, 1.807) is 10.8 Å². The SMILES string of the molecule is Cc1ccncc1/C=C/c1c(C)nc(N)nc1NCCCc1nc2cccc(C)c2c(=O)n1-c1ccccc1. The highest BCUT2D eigenvalue weighted by Crippen LogP contribution is 2.22. The van der Waals surface area contributed by atoms with Crippen LogP contribution in [0.5, 0.6) is 0 Å². The van der Waals surface area contributed by atoms with E-state index in [-0.39, 0.29) is 11.5 Å². The maximum absolute atomic E-state index is 13.6. The van der Waals surface area contributed by atoms with Crippen LogP contribution in [0.15, 0.2) is 71.8 Å². The Bertz CT molecular complexity index is 1730. The van der Waals surface area contributed by atoms with E-state index in [2.05, 4.69) is 20.3 Å². The van der Waals surface area contributed by atoms with E-state index in [0.717, 1.165) is 45.9 Å². The topological polar surface area (TPSA) is 112 Å². The van der Waals surface area contributed by atoms with Crippen LogP contribution in [0.4, 0.5) is 11.8 Å². The molecule has 0 fully saturated rings. The predicted octanol–water partition coefficient (Wildman–Crippen LogP) is 5.29. The Kier molecular flexibility index (Phi) is 7.45. The maximum Gasteiger partial charge on any atom is 0.266 e. The van der Waals surface area contributed by atoms with Gasteiger partial charge in [-0.05, 0) is 74.2 Å². The van der Waals surface area contributed by atoms with Crippen molar-refractivity contribution in [2.75, 3.05) is 17.6 Å². The second-order valence-corrected chi connectivity index (χ2v) is 9.50. The van der Waals surface area contributed by atoms with Gasteiger partial charge in [-0.1, -0.05) is 36.4 Å². The molecule has 3 aromatic heterocycles. The van der Waals surface area contributed by atoms with Crippen molar-refractivity contribution in [1.29, 1.82) is 0 Å². The molecule has 5 rings (SSSR count). The molecule has 3 N–H and O–H groups in total. The predicted molar refractivity (Wildman–Crippen MR) is 158 cm³/mol. The average Bonchev–Trinajstić information content (AvgIpc) is 2.92. The first-order valence-electron chi connectivity index (χ1n) is 13.0. The van der Waals surface area contributed by atoms with Gasteiger partial charge in [-0.15, -0.1) is 0 Å². The normalized spacial score (nSPS) is 11.4. The van der Waals surface area contributed by atoms with Gasteiger partial charge in [0, 0.05) is 30.9 Å². The van der Waals surface area contributed by atoms with Crippen molar-refractivity contribution in [3.63, 3.8) is 0 Å². The first-order valence-corrected chi connectivity index (χ1v) is 13.0. The van der Waals surface area contributed by atoms with Gasteiger partial charge >= 0.3 is 0 Å². The van der Waals surface area contributed by atoms with E-state index >= 15 is 0 Å². The number of aromatic nitrogens is 5. The van der Waals surface area contributed by atoms with Crippen LogP contribution in [0.2, 0.25) is 0 Å². The highest BCUT2D eigenvalue weighted by Gasteiger charge is 2.14. The molecule has 0 radical (unpaired) electrons. The summed E-state index contributed by atoms with van der Waals surface area (Å²) in [5.41, 5.74) is 12.2. The lowest BCUT2D eigenvalue weighted by Crippen LogP contribution is -2.25. The van der Waals surface area contributed by atoms with Gasteiger partial charge in [0.25, 0.3) is 5.56 Å². The third-order valence-corrected chi connectivity index (χ3v) is 6.72. The van der Waals surface area contributed by atoms with E-state index < -0.39 is 0 Å². The largest absolute Gasteiger partial charge is 0.369 e. The van der Waals surface area contributed by atoms with E-state index in [0.29, 0.717) is 29.7 Å². The number of pyridine rings is 1. The number of fused-ring (bicyclic) bond motifs is 1. The molecule has 0 aliphatic heterocycles. The van der Waals surface area contributed by atoms with Gasteiger partial charge in [-0.25, -0.2) is 9.97 Å². The molecule has 196 valence electrons. The Morgan fingerprint density at radius 2 is 1.74 bits per heavy atom. The van der Waals surface area contributed by atoms with Gasteiger partial charge in [0.05, 0.1) is 22.3 Å². The summed E-state index contributed by atoms with van der Waals surface area (Å²) in [5.74, 6) is 1.60. The quantitative estimate of drug-likeness (QED) is 0.269. The van der Waals surface area contributed by atoms with E-state index in [4.69, 9.17) is 10.7 Å². The summed E-state index contributed by atoms with van der Waals surface area (Å²) in [7, 11) is 0. The fourth-order valence-electron chi connectivity index (χ4n) is 4.67. The molecule has 0 saturated carbocycles. The van der Waals surface area contributed by atoms with E-state index in [1.807, 2.05) is 93.7 Å². The summed E-state index contributed by atoms with van der Waals surface area (Å²) in [4.78, 5) is 31.6. The number of hydrogen-bond donors (Lipinski definition) is 2. The number of hydrogen-bond acceptors (Lipinski definition) is 7. The van der Waals surface area contributed by atoms with Crippen LogP contribution in [0.1, 0.15) is 40.2 Å². The van der Waals surface area contributed by atoms with Crippen molar-refractivity contribution < 1.29 is 0 Å². The lowest BCUT2D eigenvalue weighted by molar-refractivity contribution is 0.753. The summed E-state index contributed by atoms with van der Waals surface area (Å²) >= 11 is 0. The smallest absolute Gasteiger partial charge is 0.266 e. The Hall–Kier alpha value is -4.85. The van der Waals surface area contributed by atoms with Crippen molar-refractivity contribution in [3.8, 4) is 5.69 Å². The number of nitrogen functional groups attached to an aromatic ring is 1. The molecular weight excluding hydrogens is 486 g/mol. The van der Waals surface area contributed by atoms with E-state index in [1.165, 1.54) is 0 Å². The monoisotopic (exact) mass is 517 g/mol. The molecule has 3 heterocycles. The molecule has 2 aromatic carbocycles. The van der Waals surface area contributed by atoms with E-state index in [9.17, 15) is 4.79 Å². The number of aryl methyl sites for hydroxylation is 4. The average molecular weight is 518 g/mol. The minimum atomic E-state index is -0.0513. The van der Waals surface area contributed by atoms with Crippen LogP contribution < -0.4 is 16.6 Å². The van der Waals surface area contributed by atoms with Crippen LogP contribution >= 0.6 is 0 Å². The summed E-state index contributed by atoms with van der Waals surface area (Å²) < 4.78 is 1.73. The van der Waals surface area contributed by atoms with Crippen LogP contribution in [0, 0.1) is 20.8 Å². The number of nitrogens with two attached hydrogens (primary N) is 1. The second kappa shape index (κ2) is 11.3. The van der Waals surface area contributed by atoms with Gasteiger partial charge in [-0.2, -0.15) is 4.98 Å². The highest BCUT2D eigenvalue weighted by atomic mass is 16.1. The summed E-state index contributed by atoms with van der Waals surface area (Å²) in [5, 5.41) is 4.07. The molecule has 5 aromatic rings. The zero-order chi connectivity index (χ0) is 27.4. The molecule has 8 nitrogen and oxygen atoms in total. The van der Waals surface area contributed by atoms with Gasteiger partial charge in [0.1, 0.15) is 11.6 Å². The zero-order valence-electron chi connectivity index (χ0n) is 22.3. The number of para-hydroxylation sites is 1. The fourth-order valence-corrected chi connectivity index (χ4v) is 4.67. The molecule has 39 heavy (non-hydrogen) atoms. The lowest BCUT2D eigenvalue weighted by Gasteiger charge is -2.15. The van der Waals surface area contributed by atoms with Crippen LogP contribution in [-0.2, 0) is 6.42 Å². The lowest BCUT2D eigenvalue weighted by atomic mass is 10.1. The molecule has 0 aliphatic rings. The molecular formula is C31H31N7O. The Balaban J connectivity index is 1.40. The van der Waals surface area contributed by atoms with Crippen molar-refractivity contribution in [2.24, 2.45) is 0 Å². The number of nitrogens with one attached hydrogen (secondary N) is 1. The maximum atomic E-state index is 13.6. The summed E-state index contributed by atoms with van der Waals surface area (Å²) in [6.07, 6.45) is 8.93. The van der Waals surface area contributed by atoms with Gasteiger partial charge in [0.15, 0.2) is 0 Å². The number of benzene rings is 2. The molecule has 0 spiro atoms. The zero-order valence-corrected chi connectivity index (χ0v) is 22.3. The van der Waals surface area contributed by atoms with Gasteiger partial charge < -0.3 is 11.1 Å². The summed E-state index contributed by atoms with van der Waals surface area (Å²) in [6, 6.07) is 17.4. The van der Waals surface area contributed by atoms with Crippen LogP contribution in [-0.4, -0.2) is 31.0 Å². The minimum Gasteiger partial charge on any atom is -0.369 e. The van der Waals surface area contributed by atoms with Crippen molar-refractivity contribution in [2.45, 2.75) is 33.6 Å². The van der Waals surface area contributed by atoms with Crippen molar-refractivity contribution >= 4 is 34.8 Å². The first kappa shape index (κ1) is 25.8. The number of rotatable bonds is 8. The Morgan fingerprint density at radius 1 is 0.923 bits per heavy atom. The van der Waals surface area contributed by atoms with Crippen LogP contribution in [0.25, 0.3) is 28.7 Å². The summed E-state index contributed by atoms with van der Waals surface area (Å²) in [6.45, 7) is 6.52. The molecule has 0 bridgehead atoms. The second-order valence-electron chi connectivity index (χ2n) is 9.50. The fraction of sp³-hybridized carbons (Fsp3) is 0.194. The highest BCUT2D eigenvalue weighted by molar-refractivity contribution is 5.81.